The molecule has 3 nitrogen and oxygen atoms in total. The summed E-state index contributed by atoms with van der Waals surface area (Å²) in [5, 5.41) is 3.26. The second-order valence-corrected chi connectivity index (χ2v) is 2.81. The minimum Gasteiger partial charge on any atom is -0.325 e. The molecule has 0 aliphatic carbocycles. The molecule has 0 saturated carbocycles. The van der Waals surface area contributed by atoms with E-state index in [9.17, 15) is 17.6 Å². The van der Waals surface area contributed by atoms with E-state index in [0.29, 0.717) is 0 Å². The highest BCUT2D eigenvalue weighted by molar-refractivity contribution is 5.23. The smallest absolute Gasteiger partial charge is 0.288 e. The van der Waals surface area contributed by atoms with Gasteiger partial charge in [-0.25, -0.2) is 8.78 Å². The van der Waals surface area contributed by atoms with Gasteiger partial charge in [-0.2, -0.15) is 13.9 Å². The zero-order chi connectivity index (χ0) is 10.9. The summed E-state index contributed by atoms with van der Waals surface area (Å²) in [5.41, 5.74) is 3.06. The summed E-state index contributed by atoms with van der Waals surface area (Å²) >= 11 is 0. The van der Waals surface area contributed by atoms with Crippen LogP contribution in [0.2, 0.25) is 0 Å². The first-order valence-corrected chi connectivity index (χ1v) is 3.78. The molecule has 0 radical (unpaired) electrons. The van der Waals surface area contributed by atoms with Gasteiger partial charge in [0.15, 0.2) is 0 Å². The van der Waals surface area contributed by atoms with Gasteiger partial charge in [0.2, 0.25) is 0 Å². The molecule has 14 heavy (non-hydrogen) atoms. The molecular formula is C7H9F4N3. The van der Waals surface area contributed by atoms with Crippen LogP contribution in [0.25, 0.3) is 0 Å². The molecule has 1 rings (SSSR count). The fourth-order valence-corrected chi connectivity index (χ4v) is 1.06. The summed E-state index contributed by atoms with van der Waals surface area (Å²) in [7, 11) is 1.29. The number of nitrogens with two attached hydrogens (primary N) is 1. The largest absolute Gasteiger partial charge is 0.325 e. The molecule has 1 aromatic rings. The minimum absolute atomic E-state index is 0.808. The minimum atomic E-state index is -3.46. The average molecular weight is 211 g/mol. The van der Waals surface area contributed by atoms with Gasteiger partial charge in [0.1, 0.15) is 5.69 Å². The van der Waals surface area contributed by atoms with Crippen LogP contribution < -0.4 is 5.73 Å². The number of hydrogen-bond acceptors (Lipinski definition) is 2. The lowest BCUT2D eigenvalue weighted by Crippen LogP contribution is -2.26. The van der Waals surface area contributed by atoms with Gasteiger partial charge in [-0.15, -0.1) is 0 Å². The summed E-state index contributed by atoms with van der Waals surface area (Å²) in [6.07, 6.45) is -2.17. The van der Waals surface area contributed by atoms with Crippen LogP contribution in [0.5, 0.6) is 0 Å². The molecule has 0 aliphatic heterocycles. The number of rotatable bonds is 3. The van der Waals surface area contributed by atoms with Gasteiger partial charge >= 0.3 is 0 Å². The Balaban J connectivity index is 3.19. The third kappa shape index (κ3) is 1.87. The molecule has 0 amide bonds. The summed E-state index contributed by atoms with van der Waals surface area (Å²) in [6, 6.07) is 0. The molecule has 0 atom stereocenters. The van der Waals surface area contributed by atoms with Crippen LogP contribution in [0.4, 0.5) is 17.6 Å². The van der Waals surface area contributed by atoms with Crippen molar-refractivity contribution in [2.75, 3.05) is 6.54 Å². The van der Waals surface area contributed by atoms with Crippen molar-refractivity contribution in [2.45, 2.75) is 12.3 Å². The van der Waals surface area contributed by atoms with Crippen molar-refractivity contribution in [3.8, 4) is 0 Å². The van der Waals surface area contributed by atoms with E-state index < -0.39 is 30.2 Å². The van der Waals surface area contributed by atoms with Crippen LogP contribution in [0.1, 0.15) is 17.7 Å². The van der Waals surface area contributed by atoms with Gasteiger partial charge in [-0.3, -0.25) is 4.68 Å². The highest BCUT2D eigenvalue weighted by Gasteiger charge is 2.36. The van der Waals surface area contributed by atoms with Crippen molar-refractivity contribution in [1.29, 1.82) is 0 Å². The molecule has 0 bridgehead atoms. The van der Waals surface area contributed by atoms with E-state index in [4.69, 9.17) is 5.73 Å². The van der Waals surface area contributed by atoms with Crippen molar-refractivity contribution in [3.63, 3.8) is 0 Å². The number of aromatic nitrogens is 2. The molecule has 0 spiro atoms. The average Bonchev–Trinajstić information content (AvgIpc) is 2.48. The highest BCUT2D eigenvalue weighted by atomic mass is 19.3. The first kappa shape index (κ1) is 11.0. The Morgan fingerprint density at radius 1 is 1.57 bits per heavy atom. The van der Waals surface area contributed by atoms with Crippen molar-refractivity contribution in [3.05, 3.63) is 17.5 Å². The van der Waals surface area contributed by atoms with Crippen LogP contribution >= 0.6 is 0 Å². The van der Waals surface area contributed by atoms with Gasteiger partial charge < -0.3 is 5.73 Å². The fraction of sp³-hybridized carbons (Fsp3) is 0.571. The van der Waals surface area contributed by atoms with E-state index in [0.717, 1.165) is 10.9 Å². The molecule has 0 aliphatic rings. The quantitative estimate of drug-likeness (QED) is 0.768. The molecule has 80 valence electrons. The first-order chi connectivity index (χ1) is 6.38. The first-order valence-electron chi connectivity index (χ1n) is 3.78. The van der Waals surface area contributed by atoms with Gasteiger partial charge in [0.25, 0.3) is 12.3 Å². The summed E-state index contributed by atoms with van der Waals surface area (Å²) in [6.45, 7) is -1.02. The van der Waals surface area contributed by atoms with Gasteiger partial charge in [-0.05, 0) is 0 Å². The van der Waals surface area contributed by atoms with E-state index >= 15 is 0 Å². The standard InChI is InChI=1S/C7H9F4N3/c1-14-2-4(7(10,11)3-12)5(13-14)6(8)9/h2,6H,3,12H2,1H3. The molecule has 0 fully saturated rings. The maximum Gasteiger partial charge on any atom is 0.288 e. The maximum absolute atomic E-state index is 13.0. The SMILES string of the molecule is Cn1cc(C(F)(F)CN)c(C(F)F)n1. The van der Waals surface area contributed by atoms with Gasteiger partial charge in [0, 0.05) is 13.2 Å². The van der Waals surface area contributed by atoms with E-state index in [2.05, 4.69) is 5.10 Å². The molecule has 7 heteroatoms. The molecule has 1 heterocycles. The van der Waals surface area contributed by atoms with Gasteiger partial charge in [0.05, 0.1) is 12.1 Å². The number of hydrogen-bond donors (Lipinski definition) is 1. The third-order valence-electron chi connectivity index (χ3n) is 1.71. The Labute approximate surface area is 77.5 Å². The zero-order valence-corrected chi connectivity index (χ0v) is 7.35. The van der Waals surface area contributed by atoms with Crippen LogP contribution in [0.3, 0.4) is 0 Å². The molecule has 0 aromatic carbocycles. The Morgan fingerprint density at radius 3 is 2.57 bits per heavy atom. The summed E-state index contributed by atoms with van der Waals surface area (Å²) in [4.78, 5) is 0. The predicted octanol–water partition coefficient (Wildman–Crippen LogP) is 1.41. The third-order valence-corrected chi connectivity index (χ3v) is 1.71. The predicted molar refractivity (Wildman–Crippen MR) is 41.1 cm³/mol. The van der Waals surface area contributed by atoms with Crippen molar-refractivity contribution < 1.29 is 17.6 Å². The summed E-state index contributed by atoms with van der Waals surface area (Å²) in [5.74, 6) is -3.46. The second kappa shape index (κ2) is 3.56. The van der Waals surface area contributed by atoms with Crippen LogP contribution in [0, 0.1) is 0 Å². The second-order valence-electron chi connectivity index (χ2n) is 2.81. The van der Waals surface area contributed by atoms with Crippen molar-refractivity contribution >= 4 is 0 Å². The van der Waals surface area contributed by atoms with Crippen LogP contribution in [0.15, 0.2) is 6.20 Å². The Kier molecular flexibility index (Phi) is 2.79. The maximum atomic E-state index is 13.0. The Morgan fingerprint density at radius 2 is 2.14 bits per heavy atom. The van der Waals surface area contributed by atoms with E-state index in [1.54, 1.807) is 0 Å². The molecule has 0 unspecified atom stereocenters. The van der Waals surface area contributed by atoms with E-state index in [1.807, 2.05) is 0 Å². The molecule has 2 N–H and O–H groups in total. The fourth-order valence-electron chi connectivity index (χ4n) is 1.06. The highest BCUT2D eigenvalue weighted by Crippen LogP contribution is 2.33. The van der Waals surface area contributed by atoms with Gasteiger partial charge in [-0.1, -0.05) is 0 Å². The topological polar surface area (TPSA) is 43.8 Å². The van der Waals surface area contributed by atoms with Crippen LogP contribution in [-0.2, 0) is 13.0 Å². The molecular weight excluding hydrogens is 202 g/mol. The zero-order valence-electron chi connectivity index (χ0n) is 7.35. The lowest BCUT2D eigenvalue weighted by Gasteiger charge is -2.12. The number of nitrogens with zero attached hydrogens (tertiary/aromatic N) is 2. The number of aryl methyl sites for hydroxylation is 1. The Hall–Kier alpha value is -1.11. The number of halogens is 4. The number of alkyl halides is 4. The van der Waals surface area contributed by atoms with Crippen LogP contribution in [-0.4, -0.2) is 16.3 Å². The lowest BCUT2D eigenvalue weighted by molar-refractivity contribution is 0.00127. The van der Waals surface area contributed by atoms with E-state index in [-0.39, 0.29) is 0 Å². The van der Waals surface area contributed by atoms with Crippen molar-refractivity contribution in [1.82, 2.24) is 9.78 Å². The summed E-state index contributed by atoms with van der Waals surface area (Å²) < 4.78 is 51.4. The lowest BCUT2D eigenvalue weighted by atomic mass is 10.1. The Bertz CT molecular complexity index is 321. The van der Waals surface area contributed by atoms with Crippen molar-refractivity contribution in [2.24, 2.45) is 12.8 Å². The monoisotopic (exact) mass is 211 g/mol. The molecule has 1 aromatic heterocycles. The normalized spacial score (nSPS) is 12.5. The van der Waals surface area contributed by atoms with E-state index in [1.165, 1.54) is 7.05 Å². The molecule has 0 saturated heterocycles.